The summed E-state index contributed by atoms with van der Waals surface area (Å²) in [5.41, 5.74) is 2.68. The largest absolute Gasteiger partial charge is 0.374 e. The van der Waals surface area contributed by atoms with Crippen LogP contribution in [0.1, 0.15) is 31.4 Å². The molecule has 0 bridgehead atoms. The fourth-order valence-electron chi connectivity index (χ4n) is 2.92. The minimum absolute atomic E-state index is 0.420. The Hall–Kier alpha value is -1.06. The third-order valence-corrected chi connectivity index (χ3v) is 4.64. The molecular formula is C17H29N3. The van der Waals surface area contributed by atoms with E-state index in [-0.39, 0.29) is 0 Å². The van der Waals surface area contributed by atoms with E-state index in [9.17, 15) is 0 Å². The fraction of sp³-hybridized carbons (Fsp3) is 0.647. The van der Waals surface area contributed by atoms with Gasteiger partial charge in [-0.15, -0.1) is 0 Å². The van der Waals surface area contributed by atoms with Crippen molar-refractivity contribution in [1.29, 1.82) is 0 Å². The average molecular weight is 275 g/mol. The lowest BCUT2D eigenvalue weighted by molar-refractivity contribution is 0.222. The molecule has 1 atom stereocenters. The van der Waals surface area contributed by atoms with Crippen LogP contribution in [-0.2, 0) is 0 Å². The molecule has 1 aromatic rings. The number of hydrogen-bond acceptors (Lipinski definition) is 3. The van der Waals surface area contributed by atoms with Crippen LogP contribution in [0, 0.1) is 5.92 Å². The number of anilines is 1. The summed E-state index contributed by atoms with van der Waals surface area (Å²) in [7, 11) is 6.45. The Labute approximate surface area is 124 Å². The Kier molecular flexibility index (Phi) is 5.44. The van der Waals surface area contributed by atoms with Crippen molar-refractivity contribution in [3.05, 3.63) is 29.8 Å². The van der Waals surface area contributed by atoms with Gasteiger partial charge in [0.25, 0.3) is 0 Å². The lowest BCUT2D eigenvalue weighted by Crippen LogP contribution is -2.35. The van der Waals surface area contributed by atoms with Gasteiger partial charge in [0.05, 0.1) is 0 Å². The van der Waals surface area contributed by atoms with Crippen LogP contribution in [0.25, 0.3) is 0 Å². The van der Waals surface area contributed by atoms with Gasteiger partial charge in [0, 0.05) is 25.3 Å². The molecule has 1 aliphatic heterocycles. The van der Waals surface area contributed by atoms with E-state index < -0.39 is 0 Å². The van der Waals surface area contributed by atoms with E-state index in [0.29, 0.717) is 6.04 Å². The molecule has 1 heterocycles. The van der Waals surface area contributed by atoms with E-state index in [1.54, 1.807) is 0 Å². The van der Waals surface area contributed by atoms with Crippen LogP contribution in [0.15, 0.2) is 24.3 Å². The first-order chi connectivity index (χ1) is 9.60. The standard InChI is InChI=1S/C17H29N3/c1-14(18-2)16-5-7-17(8-6-16)20(4)13-15-9-11-19(3)12-10-15/h5-8,14-15,18H,9-13H2,1-4H3. The van der Waals surface area contributed by atoms with E-state index in [2.05, 4.69) is 60.4 Å². The highest BCUT2D eigenvalue weighted by Crippen LogP contribution is 2.22. The molecule has 0 saturated carbocycles. The Bertz CT molecular complexity index is 393. The normalized spacial score (nSPS) is 19.0. The molecule has 1 saturated heterocycles. The van der Waals surface area contributed by atoms with Gasteiger partial charge in [0.1, 0.15) is 0 Å². The lowest BCUT2D eigenvalue weighted by atomic mass is 9.96. The van der Waals surface area contributed by atoms with Gasteiger partial charge in [-0.25, -0.2) is 0 Å². The number of nitrogens with zero attached hydrogens (tertiary/aromatic N) is 2. The molecule has 2 rings (SSSR count). The highest BCUT2D eigenvalue weighted by atomic mass is 15.1. The van der Waals surface area contributed by atoms with E-state index in [1.807, 2.05) is 7.05 Å². The minimum atomic E-state index is 0.420. The molecule has 20 heavy (non-hydrogen) atoms. The van der Waals surface area contributed by atoms with Crippen LogP contribution in [0.2, 0.25) is 0 Å². The molecule has 3 heteroatoms. The molecule has 0 aliphatic carbocycles. The molecule has 0 radical (unpaired) electrons. The molecule has 0 spiro atoms. The van der Waals surface area contributed by atoms with Crippen LogP contribution in [0.3, 0.4) is 0 Å². The zero-order valence-electron chi connectivity index (χ0n) is 13.4. The van der Waals surface area contributed by atoms with Gasteiger partial charge in [-0.05, 0) is 70.6 Å². The molecule has 1 aromatic carbocycles. The molecule has 1 unspecified atom stereocenters. The third-order valence-electron chi connectivity index (χ3n) is 4.64. The maximum atomic E-state index is 3.28. The van der Waals surface area contributed by atoms with Gasteiger partial charge in [-0.2, -0.15) is 0 Å². The highest BCUT2D eigenvalue weighted by molar-refractivity contribution is 5.47. The quantitative estimate of drug-likeness (QED) is 0.891. The Morgan fingerprint density at radius 2 is 1.85 bits per heavy atom. The van der Waals surface area contributed by atoms with Crippen LogP contribution in [-0.4, -0.2) is 45.7 Å². The van der Waals surface area contributed by atoms with Crippen molar-refractivity contribution < 1.29 is 0 Å². The number of benzene rings is 1. The molecule has 1 N–H and O–H groups in total. The van der Waals surface area contributed by atoms with Crippen LogP contribution in [0.5, 0.6) is 0 Å². The van der Waals surface area contributed by atoms with Crippen molar-refractivity contribution in [2.45, 2.75) is 25.8 Å². The van der Waals surface area contributed by atoms with E-state index in [0.717, 1.165) is 5.92 Å². The van der Waals surface area contributed by atoms with Crippen molar-refractivity contribution in [1.82, 2.24) is 10.2 Å². The fourth-order valence-corrected chi connectivity index (χ4v) is 2.92. The molecular weight excluding hydrogens is 246 g/mol. The summed E-state index contributed by atoms with van der Waals surface area (Å²) < 4.78 is 0. The number of likely N-dealkylation sites (tertiary alicyclic amines) is 1. The summed E-state index contributed by atoms with van der Waals surface area (Å²) in [6.45, 7) is 5.86. The molecule has 1 aliphatic rings. The zero-order chi connectivity index (χ0) is 14.5. The lowest BCUT2D eigenvalue weighted by Gasteiger charge is -2.32. The number of hydrogen-bond donors (Lipinski definition) is 1. The van der Waals surface area contributed by atoms with Crippen molar-refractivity contribution in [2.24, 2.45) is 5.92 Å². The molecule has 3 nitrogen and oxygen atoms in total. The van der Waals surface area contributed by atoms with Crippen LogP contribution in [0.4, 0.5) is 5.69 Å². The van der Waals surface area contributed by atoms with Gasteiger partial charge in [0.2, 0.25) is 0 Å². The van der Waals surface area contributed by atoms with Gasteiger partial charge in [-0.3, -0.25) is 0 Å². The minimum Gasteiger partial charge on any atom is -0.374 e. The number of rotatable bonds is 5. The maximum absolute atomic E-state index is 3.28. The summed E-state index contributed by atoms with van der Waals surface area (Å²) in [6.07, 6.45) is 2.66. The number of piperidine rings is 1. The highest BCUT2D eigenvalue weighted by Gasteiger charge is 2.18. The van der Waals surface area contributed by atoms with E-state index >= 15 is 0 Å². The summed E-state index contributed by atoms with van der Waals surface area (Å²) in [5, 5.41) is 3.28. The van der Waals surface area contributed by atoms with Crippen molar-refractivity contribution in [3.8, 4) is 0 Å². The summed E-state index contributed by atoms with van der Waals surface area (Å²) in [6, 6.07) is 9.39. The number of nitrogens with one attached hydrogen (secondary N) is 1. The van der Waals surface area contributed by atoms with Crippen molar-refractivity contribution in [2.75, 3.05) is 45.7 Å². The monoisotopic (exact) mass is 275 g/mol. The van der Waals surface area contributed by atoms with E-state index in [1.165, 1.54) is 43.7 Å². The maximum Gasteiger partial charge on any atom is 0.0363 e. The summed E-state index contributed by atoms with van der Waals surface area (Å²) in [4.78, 5) is 4.84. The van der Waals surface area contributed by atoms with Crippen LogP contribution < -0.4 is 10.2 Å². The predicted octanol–water partition coefficient (Wildman–Crippen LogP) is 2.75. The third kappa shape index (κ3) is 3.97. The molecule has 1 fully saturated rings. The molecule has 0 amide bonds. The van der Waals surface area contributed by atoms with Gasteiger partial charge in [0.15, 0.2) is 0 Å². The van der Waals surface area contributed by atoms with E-state index in [4.69, 9.17) is 0 Å². The second kappa shape index (κ2) is 7.09. The summed E-state index contributed by atoms with van der Waals surface area (Å²) in [5.74, 6) is 0.840. The topological polar surface area (TPSA) is 18.5 Å². The molecule has 0 aromatic heterocycles. The first kappa shape index (κ1) is 15.3. The van der Waals surface area contributed by atoms with Gasteiger partial charge >= 0.3 is 0 Å². The van der Waals surface area contributed by atoms with Crippen LogP contribution >= 0.6 is 0 Å². The summed E-state index contributed by atoms with van der Waals surface area (Å²) >= 11 is 0. The first-order valence-electron chi connectivity index (χ1n) is 7.77. The Morgan fingerprint density at radius 3 is 2.40 bits per heavy atom. The average Bonchev–Trinajstić information content (AvgIpc) is 2.49. The molecule has 112 valence electrons. The Balaban J connectivity index is 1.90. The smallest absolute Gasteiger partial charge is 0.0363 e. The SMILES string of the molecule is CNC(C)c1ccc(N(C)CC2CCN(C)CC2)cc1. The van der Waals surface area contributed by atoms with Crippen molar-refractivity contribution in [3.63, 3.8) is 0 Å². The van der Waals surface area contributed by atoms with Gasteiger partial charge in [-0.1, -0.05) is 12.1 Å². The van der Waals surface area contributed by atoms with Crippen molar-refractivity contribution >= 4 is 5.69 Å². The second-order valence-electron chi connectivity index (χ2n) is 6.23. The predicted molar refractivity (Wildman–Crippen MR) is 87.4 cm³/mol. The zero-order valence-corrected chi connectivity index (χ0v) is 13.4. The van der Waals surface area contributed by atoms with Gasteiger partial charge < -0.3 is 15.1 Å². The second-order valence-corrected chi connectivity index (χ2v) is 6.23. The Morgan fingerprint density at radius 1 is 1.25 bits per heavy atom. The first-order valence-corrected chi connectivity index (χ1v) is 7.77.